The predicted octanol–water partition coefficient (Wildman–Crippen LogP) is 0.159. The third-order valence-electron chi connectivity index (χ3n) is 3.31. The summed E-state index contributed by atoms with van der Waals surface area (Å²) in [4.78, 5) is 0. The second-order valence-corrected chi connectivity index (χ2v) is 7.67. The van der Waals surface area contributed by atoms with Crippen LogP contribution in [0.4, 0.5) is 0 Å². The third kappa shape index (κ3) is 3.29. The molecule has 104 valence electrons. The average molecular weight is 274 g/mol. The standard InChI is InChI=1S/C11H22N4O2S/c1-6-12-10(11(2,3)18(5,16)17)7-9-8-15(4)14-13-9/h8,10,12H,6-7H2,1-5H3. The fourth-order valence-electron chi connectivity index (χ4n) is 1.77. The van der Waals surface area contributed by atoms with E-state index in [1.807, 2.05) is 13.1 Å². The highest BCUT2D eigenvalue weighted by Gasteiger charge is 2.38. The van der Waals surface area contributed by atoms with Gasteiger partial charge in [-0.2, -0.15) is 0 Å². The van der Waals surface area contributed by atoms with Crippen LogP contribution in [-0.4, -0.2) is 47.0 Å². The molecule has 0 fully saturated rings. The maximum absolute atomic E-state index is 11.9. The van der Waals surface area contributed by atoms with E-state index in [-0.39, 0.29) is 6.04 Å². The lowest BCUT2D eigenvalue weighted by atomic mass is 9.98. The van der Waals surface area contributed by atoms with Crippen molar-refractivity contribution in [3.05, 3.63) is 11.9 Å². The zero-order valence-corrected chi connectivity index (χ0v) is 12.5. The Bertz CT molecular complexity index is 493. The molecule has 1 rings (SSSR count). The van der Waals surface area contributed by atoms with Crippen LogP contribution in [0, 0.1) is 0 Å². The van der Waals surface area contributed by atoms with Crippen molar-refractivity contribution < 1.29 is 8.42 Å². The summed E-state index contributed by atoms with van der Waals surface area (Å²) in [5.41, 5.74) is 0.792. The molecule has 1 aromatic rings. The molecule has 0 bridgehead atoms. The summed E-state index contributed by atoms with van der Waals surface area (Å²) in [5, 5.41) is 11.1. The summed E-state index contributed by atoms with van der Waals surface area (Å²) < 4.78 is 24.5. The molecular formula is C11H22N4O2S. The molecule has 18 heavy (non-hydrogen) atoms. The Morgan fingerprint density at radius 3 is 2.50 bits per heavy atom. The predicted molar refractivity (Wildman–Crippen MR) is 71.1 cm³/mol. The monoisotopic (exact) mass is 274 g/mol. The molecule has 0 aliphatic heterocycles. The molecule has 0 amide bonds. The zero-order chi connectivity index (χ0) is 14.0. The molecule has 1 heterocycles. The van der Waals surface area contributed by atoms with Crippen molar-refractivity contribution >= 4 is 9.84 Å². The third-order valence-corrected chi connectivity index (χ3v) is 5.50. The molecule has 0 radical (unpaired) electrons. The van der Waals surface area contributed by atoms with Crippen molar-refractivity contribution in [2.75, 3.05) is 12.8 Å². The van der Waals surface area contributed by atoms with Crippen LogP contribution in [0.2, 0.25) is 0 Å². The second kappa shape index (κ2) is 5.36. The van der Waals surface area contributed by atoms with E-state index in [0.717, 1.165) is 5.69 Å². The quantitative estimate of drug-likeness (QED) is 0.799. The van der Waals surface area contributed by atoms with E-state index in [1.54, 1.807) is 25.6 Å². The van der Waals surface area contributed by atoms with Gasteiger partial charge in [-0.3, -0.25) is 4.68 Å². The van der Waals surface area contributed by atoms with Gasteiger partial charge in [0.25, 0.3) is 0 Å². The number of nitrogens with zero attached hydrogens (tertiary/aromatic N) is 3. The largest absolute Gasteiger partial charge is 0.312 e. The Morgan fingerprint density at radius 1 is 1.50 bits per heavy atom. The molecule has 7 heteroatoms. The van der Waals surface area contributed by atoms with Crippen molar-refractivity contribution in [3.63, 3.8) is 0 Å². The number of nitrogens with one attached hydrogen (secondary N) is 1. The SMILES string of the molecule is CCNC(Cc1cn(C)nn1)C(C)(C)S(C)(=O)=O. The molecule has 1 N–H and O–H groups in total. The fraction of sp³-hybridized carbons (Fsp3) is 0.818. The summed E-state index contributed by atoms with van der Waals surface area (Å²) in [7, 11) is -1.36. The number of aromatic nitrogens is 3. The highest BCUT2D eigenvalue weighted by atomic mass is 32.2. The number of rotatable bonds is 6. The smallest absolute Gasteiger partial charge is 0.154 e. The van der Waals surface area contributed by atoms with Crippen LogP contribution in [0.25, 0.3) is 0 Å². The normalized spacial score (nSPS) is 14.7. The number of hydrogen-bond donors (Lipinski definition) is 1. The molecule has 6 nitrogen and oxygen atoms in total. The number of likely N-dealkylation sites (N-methyl/N-ethyl adjacent to an activating group) is 1. The maximum atomic E-state index is 11.9. The zero-order valence-electron chi connectivity index (χ0n) is 11.6. The van der Waals surface area contributed by atoms with Crippen molar-refractivity contribution in [2.45, 2.75) is 38.0 Å². The molecule has 0 aliphatic rings. The van der Waals surface area contributed by atoms with Crippen molar-refractivity contribution in [2.24, 2.45) is 7.05 Å². The van der Waals surface area contributed by atoms with Gasteiger partial charge in [0.05, 0.1) is 10.4 Å². The van der Waals surface area contributed by atoms with Gasteiger partial charge in [-0.25, -0.2) is 8.42 Å². The Labute approximate surface area is 109 Å². The van der Waals surface area contributed by atoms with Crippen LogP contribution in [0.15, 0.2) is 6.20 Å². The minimum atomic E-state index is -3.15. The Hall–Kier alpha value is -0.950. The fourth-order valence-corrected chi connectivity index (χ4v) is 2.45. The number of sulfone groups is 1. The van der Waals surface area contributed by atoms with Crippen LogP contribution >= 0.6 is 0 Å². The van der Waals surface area contributed by atoms with Crippen LogP contribution < -0.4 is 5.32 Å². The van der Waals surface area contributed by atoms with E-state index in [2.05, 4.69) is 15.6 Å². The molecule has 1 aromatic heterocycles. The van der Waals surface area contributed by atoms with E-state index in [0.29, 0.717) is 13.0 Å². The lowest BCUT2D eigenvalue weighted by Crippen LogP contribution is -2.52. The maximum Gasteiger partial charge on any atom is 0.154 e. The van der Waals surface area contributed by atoms with Gasteiger partial charge in [-0.1, -0.05) is 12.1 Å². The van der Waals surface area contributed by atoms with Gasteiger partial charge in [0.1, 0.15) is 0 Å². The lowest BCUT2D eigenvalue weighted by Gasteiger charge is -2.32. The first kappa shape index (κ1) is 15.1. The van der Waals surface area contributed by atoms with Gasteiger partial charge in [0.2, 0.25) is 0 Å². The first-order valence-electron chi connectivity index (χ1n) is 5.96. The molecule has 0 saturated carbocycles. The summed E-state index contributed by atoms with van der Waals surface area (Å²) in [6.45, 7) is 6.16. The van der Waals surface area contributed by atoms with Crippen molar-refractivity contribution in [1.82, 2.24) is 20.3 Å². The van der Waals surface area contributed by atoms with Crippen molar-refractivity contribution in [3.8, 4) is 0 Å². The summed E-state index contributed by atoms with van der Waals surface area (Å²) in [6.07, 6.45) is 3.62. The molecule has 1 unspecified atom stereocenters. The Morgan fingerprint density at radius 2 is 2.11 bits per heavy atom. The van der Waals surface area contributed by atoms with Crippen molar-refractivity contribution in [1.29, 1.82) is 0 Å². The molecular weight excluding hydrogens is 252 g/mol. The first-order chi connectivity index (χ1) is 8.18. The highest BCUT2D eigenvalue weighted by Crippen LogP contribution is 2.22. The lowest BCUT2D eigenvalue weighted by molar-refractivity contribution is 0.411. The topological polar surface area (TPSA) is 76.9 Å². The first-order valence-corrected chi connectivity index (χ1v) is 7.85. The van der Waals surface area contributed by atoms with E-state index < -0.39 is 14.6 Å². The van der Waals surface area contributed by atoms with Gasteiger partial charge in [0.15, 0.2) is 9.84 Å². The van der Waals surface area contributed by atoms with Gasteiger partial charge in [-0.15, -0.1) is 5.10 Å². The Balaban J connectivity index is 2.96. The van der Waals surface area contributed by atoms with E-state index in [9.17, 15) is 8.42 Å². The van der Waals surface area contributed by atoms with Crippen LogP contribution in [0.1, 0.15) is 26.5 Å². The van der Waals surface area contributed by atoms with Gasteiger partial charge in [0, 0.05) is 32.0 Å². The molecule has 0 aromatic carbocycles. The van der Waals surface area contributed by atoms with Crippen LogP contribution in [0.5, 0.6) is 0 Å². The summed E-state index contributed by atoms with van der Waals surface area (Å²) >= 11 is 0. The van der Waals surface area contributed by atoms with E-state index >= 15 is 0 Å². The van der Waals surface area contributed by atoms with Crippen LogP contribution in [0.3, 0.4) is 0 Å². The number of hydrogen-bond acceptors (Lipinski definition) is 5. The average Bonchev–Trinajstić information content (AvgIpc) is 2.61. The molecule has 0 saturated heterocycles. The minimum absolute atomic E-state index is 0.186. The number of aryl methyl sites for hydroxylation is 1. The van der Waals surface area contributed by atoms with Gasteiger partial charge < -0.3 is 5.32 Å². The minimum Gasteiger partial charge on any atom is -0.312 e. The van der Waals surface area contributed by atoms with E-state index in [4.69, 9.17) is 0 Å². The van der Waals surface area contributed by atoms with E-state index in [1.165, 1.54) is 6.26 Å². The summed E-state index contributed by atoms with van der Waals surface area (Å²) in [5.74, 6) is 0. The van der Waals surface area contributed by atoms with Crippen LogP contribution in [-0.2, 0) is 23.3 Å². The Kier molecular flexibility index (Phi) is 4.50. The molecule has 0 spiro atoms. The summed E-state index contributed by atoms with van der Waals surface area (Å²) in [6, 6.07) is -0.186. The molecule has 0 aliphatic carbocycles. The molecule has 1 atom stereocenters. The van der Waals surface area contributed by atoms with Gasteiger partial charge >= 0.3 is 0 Å². The highest BCUT2D eigenvalue weighted by molar-refractivity contribution is 7.92. The second-order valence-electron chi connectivity index (χ2n) is 5.07. The van der Waals surface area contributed by atoms with Gasteiger partial charge in [-0.05, 0) is 20.4 Å².